The molecular formula is C16H17BrClNO2. The van der Waals surface area contributed by atoms with Crippen molar-refractivity contribution >= 4 is 27.5 Å². The molecule has 112 valence electrons. The third-order valence-electron chi connectivity index (χ3n) is 3.07. The molecule has 0 bridgehead atoms. The van der Waals surface area contributed by atoms with Gasteiger partial charge in [-0.3, -0.25) is 0 Å². The molecule has 2 rings (SSSR count). The van der Waals surface area contributed by atoms with Gasteiger partial charge >= 0.3 is 0 Å². The van der Waals surface area contributed by atoms with E-state index in [0.29, 0.717) is 18.2 Å². The Bertz CT molecular complexity index is 619. The summed E-state index contributed by atoms with van der Waals surface area (Å²) in [6.45, 7) is 0.997. The Kier molecular flexibility index (Phi) is 5.91. The molecule has 0 saturated carbocycles. The molecule has 3 nitrogen and oxygen atoms in total. The SMILES string of the molecule is COc1ccc(Br)c(COc2ccc(Cl)cc2CCN)c1. The Morgan fingerprint density at radius 3 is 2.67 bits per heavy atom. The number of rotatable bonds is 6. The molecule has 21 heavy (non-hydrogen) atoms. The van der Waals surface area contributed by atoms with Gasteiger partial charge in [-0.2, -0.15) is 0 Å². The number of benzene rings is 2. The molecule has 0 aliphatic heterocycles. The van der Waals surface area contributed by atoms with Crippen molar-refractivity contribution in [1.29, 1.82) is 0 Å². The Morgan fingerprint density at radius 2 is 1.95 bits per heavy atom. The predicted octanol–water partition coefficient (Wildman–Crippen LogP) is 4.19. The summed E-state index contributed by atoms with van der Waals surface area (Å²) >= 11 is 9.53. The molecule has 0 aliphatic carbocycles. The fourth-order valence-electron chi connectivity index (χ4n) is 1.98. The summed E-state index contributed by atoms with van der Waals surface area (Å²) in [4.78, 5) is 0. The van der Waals surface area contributed by atoms with Crippen molar-refractivity contribution in [2.45, 2.75) is 13.0 Å². The quantitative estimate of drug-likeness (QED) is 0.829. The van der Waals surface area contributed by atoms with E-state index >= 15 is 0 Å². The summed E-state index contributed by atoms with van der Waals surface area (Å²) < 4.78 is 12.1. The maximum Gasteiger partial charge on any atom is 0.123 e. The highest BCUT2D eigenvalue weighted by molar-refractivity contribution is 9.10. The van der Waals surface area contributed by atoms with E-state index in [2.05, 4.69) is 15.9 Å². The van der Waals surface area contributed by atoms with Crippen molar-refractivity contribution in [3.8, 4) is 11.5 Å². The summed E-state index contributed by atoms with van der Waals surface area (Å²) in [5.74, 6) is 1.61. The summed E-state index contributed by atoms with van der Waals surface area (Å²) in [7, 11) is 1.65. The van der Waals surface area contributed by atoms with E-state index in [4.69, 9.17) is 26.8 Å². The summed E-state index contributed by atoms with van der Waals surface area (Å²) in [6, 6.07) is 11.4. The lowest BCUT2D eigenvalue weighted by molar-refractivity contribution is 0.301. The minimum atomic E-state index is 0.441. The van der Waals surface area contributed by atoms with Crippen LogP contribution >= 0.6 is 27.5 Å². The largest absolute Gasteiger partial charge is 0.497 e. The monoisotopic (exact) mass is 369 g/mol. The zero-order chi connectivity index (χ0) is 15.2. The molecule has 5 heteroatoms. The molecule has 0 radical (unpaired) electrons. The molecule has 0 fully saturated rings. The summed E-state index contributed by atoms with van der Waals surface area (Å²) in [5, 5.41) is 0.688. The lowest BCUT2D eigenvalue weighted by Gasteiger charge is -2.13. The first-order valence-corrected chi connectivity index (χ1v) is 7.75. The lowest BCUT2D eigenvalue weighted by atomic mass is 10.1. The molecule has 0 spiro atoms. The summed E-state index contributed by atoms with van der Waals surface area (Å²) in [6.07, 6.45) is 0.731. The van der Waals surface area contributed by atoms with Gasteiger partial charge in [0.05, 0.1) is 7.11 Å². The highest BCUT2D eigenvalue weighted by Crippen LogP contribution is 2.27. The van der Waals surface area contributed by atoms with Gasteiger partial charge in [-0.25, -0.2) is 0 Å². The Labute approximate surface area is 138 Å². The molecule has 0 aliphatic rings. The zero-order valence-corrected chi connectivity index (χ0v) is 14.1. The molecule has 0 aromatic heterocycles. The molecule has 2 N–H and O–H groups in total. The van der Waals surface area contributed by atoms with Gasteiger partial charge in [0.25, 0.3) is 0 Å². The van der Waals surface area contributed by atoms with Crippen LogP contribution in [0.25, 0.3) is 0 Å². The second-order valence-electron chi connectivity index (χ2n) is 4.54. The Morgan fingerprint density at radius 1 is 1.14 bits per heavy atom. The number of hydrogen-bond donors (Lipinski definition) is 1. The summed E-state index contributed by atoms with van der Waals surface area (Å²) in [5.41, 5.74) is 7.66. The van der Waals surface area contributed by atoms with E-state index in [1.807, 2.05) is 36.4 Å². The van der Waals surface area contributed by atoms with E-state index < -0.39 is 0 Å². The van der Waals surface area contributed by atoms with Gasteiger partial charge in [-0.05, 0) is 54.9 Å². The normalized spacial score (nSPS) is 10.5. The number of halogens is 2. The van der Waals surface area contributed by atoms with Crippen LogP contribution in [0.2, 0.25) is 5.02 Å². The van der Waals surface area contributed by atoms with Crippen molar-refractivity contribution < 1.29 is 9.47 Å². The Hall–Kier alpha value is -1.23. The number of methoxy groups -OCH3 is 1. The number of ether oxygens (including phenoxy) is 2. The van der Waals surface area contributed by atoms with Crippen molar-refractivity contribution in [2.75, 3.05) is 13.7 Å². The second kappa shape index (κ2) is 7.69. The van der Waals surface area contributed by atoms with Crippen LogP contribution in [-0.2, 0) is 13.0 Å². The number of nitrogens with two attached hydrogens (primary N) is 1. The van der Waals surface area contributed by atoms with E-state index in [-0.39, 0.29) is 0 Å². The van der Waals surface area contributed by atoms with E-state index in [1.54, 1.807) is 7.11 Å². The molecule has 2 aromatic carbocycles. The minimum Gasteiger partial charge on any atom is -0.497 e. The first-order chi connectivity index (χ1) is 10.1. The van der Waals surface area contributed by atoms with Crippen molar-refractivity contribution in [3.05, 3.63) is 57.0 Å². The first-order valence-electron chi connectivity index (χ1n) is 6.57. The molecule has 0 heterocycles. The third-order valence-corrected chi connectivity index (χ3v) is 4.08. The average molecular weight is 371 g/mol. The van der Waals surface area contributed by atoms with E-state index in [1.165, 1.54) is 0 Å². The van der Waals surface area contributed by atoms with Crippen molar-refractivity contribution in [1.82, 2.24) is 0 Å². The lowest BCUT2D eigenvalue weighted by Crippen LogP contribution is -2.06. The van der Waals surface area contributed by atoms with Crippen LogP contribution < -0.4 is 15.2 Å². The van der Waals surface area contributed by atoms with Crippen LogP contribution in [0.1, 0.15) is 11.1 Å². The van der Waals surface area contributed by atoms with Gasteiger partial charge in [0, 0.05) is 15.1 Å². The van der Waals surface area contributed by atoms with Crippen LogP contribution in [0.15, 0.2) is 40.9 Å². The molecule has 0 amide bonds. The van der Waals surface area contributed by atoms with Gasteiger partial charge < -0.3 is 15.2 Å². The van der Waals surface area contributed by atoms with Gasteiger partial charge in [0.15, 0.2) is 0 Å². The highest BCUT2D eigenvalue weighted by atomic mass is 79.9. The molecule has 2 aromatic rings. The van der Waals surface area contributed by atoms with Crippen LogP contribution in [0, 0.1) is 0 Å². The van der Waals surface area contributed by atoms with Crippen LogP contribution in [0.3, 0.4) is 0 Å². The predicted molar refractivity (Wildman–Crippen MR) is 89.2 cm³/mol. The number of hydrogen-bond acceptors (Lipinski definition) is 3. The topological polar surface area (TPSA) is 44.5 Å². The van der Waals surface area contributed by atoms with E-state index in [0.717, 1.165) is 33.5 Å². The standard InChI is InChI=1S/C16H17BrClNO2/c1-20-14-3-4-15(17)12(9-14)10-21-16-5-2-13(18)8-11(16)6-7-19/h2-5,8-9H,6-7,10,19H2,1H3. The second-order valence-corrected chi connectivity index (χ2v) is 5.83. The maximum atomic E-state index is 6.01. The Balaban J connectivity index is 2.16. The molecule has 0 unspecified atom stereocenters. The van der Waals surface area contributed by atoms with Crippen molar-refractivity contribution in [3.63, 3.8) is 0 Å². The smallest absolute Gasteiger partial charge is 0.123 e. The van der Waals surface area contributed by atoms with Gasteiger partial charge in [0.2, 0.25) is 0 Å². The first kappa shape index (κ1) is 16.1. The molecule has 0 saturated heterocycles. The minimum absolute atomic E-state index is 0.441. The van der Waals surface area contributed by atoms with Gasteiger partial charge in [0.1, 0.15) is 18.1 Å². The fourth-order valence-corrected chi connectivity index (χ4v) is 2.54. The van der Waals surface area contributed by atoms with E-state index in [9.17, 15) is 0 Å². The van der Waals surface area contributed by atoms with Gasteiger partial charge in [-0.1, -0.05) is 27.5 Å². The zero-order valence-electron chi connectivity index (χ0n) is 11.7. The van der Waals surface area contributed by atoms with Gasteiger partial charge in [-0.15, -0.1) is 0 Å². The van der Waals surface area contributed by atoms with Crippen LogP contribution in [0.4, 0.5) is 0 Å². The van der Waals surface area contributed by atoms with Crippen LogP contribution in [-0.4, -0.2) is 13.7 Å². The van der Waals surface area contributed by atoms with Crippen LogP contribution in [0.5, 0.6) is 11.5 Å². The third kappa shape index (κ3) is 4.37. The average Bonchev–Trinajstić information content (AvgIpc) is 2.48. The van der Waals surface area contributed by atoms with Crippen molar-refractivity contribution in [2.24, 2.45) is 5.73 Å². The highest BCUT2D eigenvalue weighted by Gasteiger charge is 2.07. The maximum absolute atomic E-state index is 6.01. The molecular weight excluding hydrogens is 354 g/mol. The molecule has 0 atom stereocenters. The fraction of sp³-hybridized carbons (Fsp3) is 0.250.